The van der Waals surface area contributed by atoms with Gasteiger partial charge in [0.15, 0.2) is 5.13 Å². The lowest BCUT2D eigenvalue weighted by Gasteiger charge is -2.25. The van der Waals surface area contributed by atoms with Crippen molar-refractivity contribution >= 4 is 61.5 Å². The van der Waals surface area contributed by atoms with Gasteiger partial charge in [0, 0.05) is 18.8 Å². The third-order valence-corrected chi connectivity index (χ3v) is 5.85. The summed E-state index contributed by atoms with van der Waals surface area (Å²) >= 11 is 13.2. The third-order valence-electron chi connectivity index (χ3n) is 4.17. The second kappa shape index (κ2) is 7.59. The predicted octanol–water partition coefficient (Wildman–Crippen LogP) is 4.83. The lowest BCUT2D eigenvalue weighted by atomic mass is 10.2. The number of carbonyl (C=O) groups is 1. The number of hydrogen-bond acceptors (Lipinski definition) is 5. The van der Waals surface area contributed by atoms with Gasteiger partial charge >= 0.3 is 0 Å². The molecule has 140 valence electrons. The zero-order chi connectivity index (χ0) is 19.0. The van der Waals surface area contributed by atoms with Crippen molar-refractivity contribution in [3.63, 3.8) is 0 Å². The Morgan fingerprint density at radius 2 is 1.96 bits per heavy atom. The van der Waals surface area contributed by atoms with E-state index in [0.717, 1.165) is 34.5 Å². The molecule has 1 N–H and O–H groups in total. The molecule has 1 fully saturated rings. The van der Waals surface area contributed by atoms with E-state index in [0.29, 0.717) is 18.9 Å². The summed E-state index contributed by atoms with van der Waals surface area (Å²) in [7, 11) is 0. The standard InChI is InChI=1S/C18H14Cl2FN3O2S/c19-12-9-13(20)14(21)8-11(12)17(25)22-10-1-2-15-16(7-10)27-18(23-15)24-3-5-26-6-4-24/h1-2,7-9H,3-6H2,(H,22,25). The van der Waals surface area contributed by atoms with E-state index in [1.165, 1.54) is 6.07 Å². The molecule has 0 bridgehead atoms. The Morgan fingerprint density at radius 3 is 2.74 bits per heavy atom. The summed E-state index contributed by atoms with van der Waals surface area (Å²) < 4.78 is 20.0. The molecule has 27 heavy (non-hydrogen) atoms. The number of halogens is 3. The lowest BCUT2D eigenvalue weighted by molar-refractivity contribution is 0.102. The summed E-state index contributed by atoms with van der Waals surface area (Å²) in [6.07, 6.45) is 0. The van der Waals surface area contributed by atoms with Gasteiger partial charge in [-0.05, 0) is 30.3 Å². The van der Waals surface area contributed by atoms with Crippen molar-refractivity contribution < 1.29 is 13.9 Å². The molecule has 0 unspecified atom stereocenters. The van der Waals surface area contributed by atoms with Crippen LogP contribution in [0.3, 0.4) is 0 Å². The first-order chi connectivity index (χ1) is 13.0. The fraction of sp³-hybridized carbons (Fsp3) is 0.222. The van der Waals surface area contributed by atoms with Crippen molar-refractivity contribution in [3.05, 3.63) is 51.8 Å². The SMILES string of the molecule is O=C(Nc1ccc2nc(N3CCOCC3)sc2c1)c1cc(F)c(Cl)cc1Cl. The Kier molecular flexibility index (Phi) is 5.19. The molecule has 1 amide bonds. The Balaban J connectivity index is 1.57. The first-order valence-corrected chi connectivity index (χ1v) is 9.78. The molecule has 1 aromatic heterocycles. The Labute approximate surface area is 168 Å². The maximum Gasteiger partial charge on any atom is 0.257 e. The van der Waals surface area contributed by atoms with Gasteiger partial charge in [-0.25, -0.2) is 9.37 Å². The molecular weight excluding hydrogens is 412 g/mol. The third kappa shape index (κ3) is 3.87. The number of thiazole rings is 1. The molecule has 0 atom stereocenters. The van der Waals surface area contributed by atoms with Crippen LogP contribution in [0.25, 0.3) is 10.2 Å². The number of ether oxygens (including phenoxy) is 1. The van der Waals surface area contributed by atoms with Crippen LogP contribution in [0.15, 0.2) is 30.3 Å². The molecule has 1 aliphatic heterocycles. The van der Waals surface area contributed by atoms with Crippen LogP contribution in [-0.4, -0.2) is 37.2 Å². The number of rotatable bonds is 3. The number of fused-ring (bicyclic) bond motifs is 1. The molecular formula is C18H14Cl2FN3O2S. The van der Waals surface area contributed by atoms with Crippen molar-refractivity contribution in [2.45, 2.75) is 0 Å². The van der Waals surface area contributed by atoms with Crippen molar-refractivity contribution in [3.8, 4) is 0 Å². The lowest BCUT2D eigenvalue weighted by Crippen LogP contribution is -2.36. The minimum absolute atomic E-state index is 0.0250. The summed E-state index contributed by atoms with van der Waals surface area (Å²) in [6, 6.07) is 7.68. The molecule has 0 radical (unpaired) electrons. The Bertz CT molecular complexity index is 1020. The number of nitrogens with one attached hydrogen (secondary N) is 1. The number of aromatic nitrogens is 1. The number of anilines is 2. The fourth-order valence-electron chi connectivity index (χ4n) is 2.78. The Hall–Kier alpha value is -1.93. The second-order valence-corrected chi connectivity index (χ2v) is 7.80. The van der Waals surface area contributed by atoms with Crippen LogP contribution in [0.5, 0.6) is 0 Å². The molecule has 4 rings (SSSR count). The fourth-order valence-corrected chi connectivity index (χ4v) is 4.30. The van der Waals surface area contributed by atoms with Crippen molar-refractivity contribution in [1.82, 2.24) is 4.98 Å². The number of nitrogens with zero attached hydrogens (tertiary/aromatic N) is 2. The number of carbonyl (C=O) groups excluding carboxylic acids is 1. The van der Waals surface area contributed by atoms with Crippen LogP contribution in [0, 0.1) is 5.82 Å². The molecule has 0 aliphatic carbocycles. The monoisotopic (exact) mass is 425 g/mol. The van der Waals surface area contributed by atoms with Crippen molar-refractivity contribution in [2.75, 3.05) is 36.5 Å². The summed E-state index contributed by atoms with van der Waals surface area (Å²) in [5.74, 6) is -1.20. The zero-order valence-electron chi connectivity index (χ0n) is 14.0. The highest BCUT2D eigenvalue weighted by Crippen LogP contribution is 2.32. The average Bonchev–Trinajstić information content (AvgIpc) is 3.08. The molecule has 9 heteroatoms. The van der Waals surface area contributed by atoms with E-state index in [4.69, 9.17) is 27.9 Å². The quantitative estimate of drug-likeness (QED) is 0.610. The normalized spacial score (nSPS) is 14.6. The highest BCUT2D eigenvalue weighted by atomic mass is 35.5. The van der Waals surface area contributed by atoms with Crippen LogP contribution in [0.4, 0.5) is 15.2 Å². The molecule has 2 heterocycles. The second-order valence-electron chi connectivity index (χ2n) is 5.98. The van der Waals surface area contributed by atoms with E-state index in [1.54, 1.807) is 17.4 Å². The largest absolute Gasteiger partial charge is 0.378 e. The molecule has 0 spiro atoms. The number of amides is 1. The van der Waals surface area contributed by atoms with Gasteiger partial charge in [0.2, 0.25) is 0 Å². The van der Waals surface area contributed by atoms with Gasteiger partial charge in [0.25, 0.3) is 5.91 Å². The number of benzene rings is 2. The summed E-state index contributed by atoms with van der Waals surface area (Å²) in [5, 5.41) is 3.63. The zero-order valence-corrected chi connectivity index (χ0v) is 16.3. The highest BCUT2D eigenvalue weighted by molar-refractivity contribution is 7.22. The van der Waals surface area contributed by atoms with Gasteiger partial charge < -0.3 is 15.0 Å². The van der Waals surface area contributed by atoms with Gasteiger partial charge in [-0.3, -0.25) is 4.79 Å². The van der Waals surface area contributed by atoms with Crippen LogP contribution in [0.1, 0.15) is 10.4 Å². The van der Waals surface area contributed by atoms with Crippen LogP contribution < -0.4 is 10.2 Å². The molecule has 2 aromatic carbocycles. The first-order valence-electron chi connectivity index (χ1n) is 8.20. The van der Waals surface area contributed by atoms with E-state index in [1.807, 2.05) is 12.1 Å². The Morgan fingerprint density at radius 1 is 1.19 bits per heavy atom. The summed E-state index contributed by atoms with van der Waals surface area (Å²) in [4.78, 5) is 19.3. The smallest absolute Gasteiger partial charge is 0.257 e. The summed E-state index contributed by atoms with van der Waals surface area (Å²) in [5.41, 5.74) is 1.46. The van der Waals surface area contributed by atoms with Gasteiger partial charge in [-0.2, -0.15) is 0 Å². The molecule has 5 nitrogen and oxygen atoms in total. The van der Waals surface area contributed by atoms with Crippen LogP contribution in [0.2, 0.25) is 10.0 Å². The van der Waals surface area contributed by atoms with E-state index in [9.17, 15) is 9.18 Å². The topological polar surface area (TPSA) is 54.5 Å². The maximum atomic E-state index is 13.7. The predicted molar refractivity (Wildman–Crippen MR) is 107 cm³/mol. The van der Waals surface area contributed by atoms with Gasteiger partial charge in [0.1, 0.15) is 5.82 Å². The maximum absolute atomic E-state index is 13.7. The van der Waals surface area contributed by atoms with Crippen molar-refractivity contribution in [1.29, 1.82) is 0 Å². The number of hydrogen-bond donors (Lipinski definition) is 1. The molecule has 3 aromatic rings. The van der Waals surface area contributed by atoms with E-state index in [-0.39, 0.29) is 15.6 Å². The van der Waals surface area contributed by atoms with Gasteiger partial charge in [-0.15, -0.1) is 0 Å². The first kappa shape index (κ1) is 18.4. The highest BCUT2D eigenvalue weighted by Gasteiger charge is 2.17. The van der Waals surface area contributed by atoms with E-state index < -0.39 is 11.7 Å². The minimum atomic E-state index is -0.695. The van der Waals surface area contributed by atoms with Gasteiger partial charge in [-0.1, -0.05) is 34.5 Å². The van der Waals surface area contributed by atoms with E-state index >= 15 is 0 Å². The molecule has 0 saturated carbocycles. The molecule has 1 saturated heterocycles. The minimum Gasteiger partial charge on any atom is -0.378 e. The van der Waals surface area contributed by atoms with E-state index in [2.05, 4.69) is 15.2 Å². The number of morpholine rings is 1. The van der Waals surface area contributed by atoms with Gasteiger partial charge in [0.05, 0.1) is 39.0 Å². The van der Waals surface area contributed by atoms with Crippen LogP contribution >= 0.6 is 34.5 Å². The summed E-state index contributed by atoms with van der Waals surface area (Å²) in [6.45, 7) is 3.00. The average molecular weight is 426 g/mol. The molecule has 1 aliphatic rings. The van der Waals surface area contributed by atoms with Crippen molar-refractivity contribution in [2.24, 2.45) is 0 Å². The van der Waals surface area contributed by atoms with Crippen LogP contribution in [-0.2, 0) is 4.74 Å².